The van der Waals surface area contributed by atoms with Gasteiger partial charge in [-0.1, -0.05) is 30.3 Å². The number of benzene rings is 2. The fraction of sp³-hybridized carbons (Fsp3) is 0. The molecule has 0 radical (unpaired) electrons. The van der Waals surface area contributed by atoms with Crippen molar-refractivity contribution in [2.45, 2.75) is 0 Å². The molecule has 0 unspecified atom stereocenters. The number of pyridine rings is 3. The number of phenolic OH excluding ortho intramolecular Hbond substituents is 1. The molecule has 5 aromatic rings. The molecule has 1 N–H and O–H groups in total. The summed E-state index contributed by atoms with van der Waals surface area (Å²) in [6.45, 7) is 0. The van der Waals surface area contributed by atoms with E-state index in [1.54, 1.807) is 24.7 Å². The Kier molecular flexibility index (Phi) is 4.83. The third-order valence-corrected chi connectivity index (χ3v) is 4.73. The first-order valence-electron chi connectivity index (χ1n) is 8.68. The van der Waals surface area contributed by atoms with Gasteiger partial charge in [0.25, 0.3) is 0 Å². The Labute approximate surface area is 174 Å². The van der Waals surface area contributed by atoms with E-state index in [9.17, 15) is 5.11 Å². The topological polar surface area (TPSA) is 58.9 Å². The summed E-state index contributed by atoms with van der Waals surface area (Å²) in [6.07, 6.45) is 5.32. The van der Waals surface area contributed by atoms with Crippen molar-refractivity contribution >= 4 is 40.7 Å². The van der Waals surface area contributed by atoms with E-state index in [1.165, 1.54) is 0 Å². The van der Waals surface area contributed by atoms with Crippen LogP contribution in [0.2, 0.25) is 0 Å². The molecule has 0 aliphatic carbocycles. The predicted molar refractivity (Wildman–Crippen MR) is 115 cm³/mol. The Morgan fingerprint density at radius 2 is 1.50 bits per heavy atom. The second-order valence-electron chi connectivity index (χ2n) is 6.34. The van der Waals surface area contributed by atoms with Crippen molar-refractivity contribution in [1.82, 2.24) is 15.0 Å². The summed E-state index contributed by atoms with van der Waals surface area (Å²) in [6, 6.07) is 21.4. The van der Waals surface area contributed by atoms with E-state index in [0.717, 1.165) is 38.6 Å². The van der Waals surface area contributed by atoms with Crippen molar-refractivity contribution in [3.63, 3.8) is 0 Å². The summed E-state index contributed by atoms with van der Waals surface area (Å²) in [7, 11) is 0. The van der Waals surface area contributed by atoms with E-state index in [0.29, 0.717) is 5.56 Å². The van der Waals surface area contributed by atoms with E-state index in [-0.39, 0.29) is 24.6 Å². The van der Waals surface area contributed by atoms with Gasteiger partial charge in [0.2, 0.25) is 0 Å². The second-order valence-corrected chi connectivity index (χ2v) is 6.34. The quantitative estimate of drug-likeness (QED) is 0.371. The normalized spacial score (nSPS) is 10.7. The van der Waals surface area contributed by atoms with Gasteiger partial charge in [0.05, 0.1) is 16.7 Å². The van der Waals surface area contributed by atoms with Crippen LogP contribution in [0.3, 0.4) is 0 Å². The SMILES string of the molecule is Oc1ccc(-c2ccnc3c2ccc2cccnc23)cc1-c1ccccn1.[LiH]. The molecule has 4 nitrogen and oxygen atoms in total. The van der Waals surface area contributed by atoms with Gasteiger partial charge < -0.3 is 5.11 Å². The Morgan fingerprint density at radius 1 is 0.643 bits per heavy atom. The average Bonchev–Trinajstić information content (AvgIpc) is 2.74. The number of nitrogens with zero attached hydrogens (tertiary/aromatic N) is 3. The minimum atomic E-state index is 0. The Morgan fingerprint density at radius 3 is 2.36 bits per heavy atom. The Hall–Kier alpha value is -3.19. The van der Waals surface area contributed by atoms with Crippen molar-refractivity contribution in [1.29, 1.82) is 0 Å². The van der Waals surface area contributed by atoms with Gasteiger partial charge in [0.1, 0.15) is 5.75 Å². The van der Waals surface area contributed by atoms with Crippen LogP contribution in [0.15, 0.2) is 85.3 Å². The van der Waals surface area contributed by atoms with E-state index < -0.39 is 0 Å². The van der Waals surface area contributed by atoms with Crippen molar-refractivity contribution in [2.24, 2.45) is 0 Å². The molecular formula is C23H16LiN3O. The van der Waals surface area contributed by atoms with Crippen LogP contribution in [0.25, 0.3) is 44.2 Å². The van der Waals surface area contributed by atoms with Gasteiger partial charge in [-0.15, -0.1) is 0 Å². The van der Waals surface area contributed by atoms with Gasteiger partial charge in [-0.05, 0) is 47.5 Å². The molecule has 3 aromatic heterocycles. The summed E-state index contributed by atoms with van der Waals surface area (Å²) in [5.41, 5.74) is 5.25. The molecular weight excluding hydrogens is 341 g/mol. The second kappa shape index (κ2) is 7.44. The zero-order chi connectivity index (χ0) is 18.2. The van der Waals surface area contributed by atoms with Crippen molar-refractivity contribution in [3.05, 3.63) is 85.3 Å². The molecule has 28 heavy (non-hydrogen) atoms. The Balaban J connectivity index is 0.00000192. The first-order valence-corrected chi connectivity index (χ1v) is 8.68. The molecule has 0 saturated carbocycles. The molecule has 0 aliphatic rings. The van der Waals surface area contributed by atoms with Crippen molar-refractivity contribution in [3.8, 4) is 28.1 Å². The van der Waals surface area contributed by atoms with E-state index in [2.05, 4.69) is 27.1 Å². The molecule has 0 atom stereocenters. The number of hydrogen-bond donors (Lipinski definition) is 1. The van der Waals surface area contributed by atoms with Gasteiger partial charge >= 0.3 is 18.9 Å². The van der Waals surface area contributed by atoms with Crippen LogP contribution < -0.4 is 0 Å². The first-order chi connectivity index (χ1) is 13.3. The molecule has 2 aromatic carbocycles. The van der Waals surface area contributed by atoms with Gasteiger partial charge in [0, 0.05) is 34.9 Å². The third-order valence-electron chi connectivity index (χ3n) is 4.73. The van der Waals surface area contributed by atoms with Crippen LogP contribution in [-0.2, 0) is 0 Å². The summed E-state index contributed by atoms with van der Waals surface area (Å²) >= 11 is 0. The molecule has 0 aliphatic heterocycles. The predicted octanol–water partition coefficient (Wildman–Crippen LogP) is 4.57. The summed E-state index contributed by atoms with van der Waals surface area (Å²) in [5.74, 6) is 0.211. The number of aromatic hydroxyl groups is 1. The summed E-state index contributed by atoms with van der Waals surface area (Å²) in [5, 5.41) is 12.4. The average molecular weight is 357 g/mol. The molecule has 5 rings (SSSR count). The summed E-state index contributed by atoms with van der Waals surface area (Å²) in [4.78, 5) is 13.4. The fourth-order valence-electron chi connectivity index (χ4n) is 3.44. The molecule has 0 spiro atoms. The van der Waals surface area contributed by atoms with E-state index >= 15 is 0 Å². The number of fused-ring (bicyclic) bond motifs is 3. The van der Waals surface area contributed by atoms with Gasteiger partial charge in [-0.2, -0.15) is 0 Å². The zero-order valence-corrected chi connectivity index (χ0v) is 14.4. The standard InChI is InChI=1S/C23H15N3O.Li.H/c27-21-9-7-16(14-19(21)20-5-1-2-11-24-20)17-10-13-26-23-18(17)8-6-15-4-3-12-25-22(15)23;;/h1-14,27H;;. The number of phenols is 1. The van der Waals surface area contributed by atoms with Crippen molar-refractivity contribution < 1.29 is 5.11 Å². The van der Waals surface area contributed by atoms with Crippen LogP contribution in [0.5, 0.6) is 5.75 Å². The van der Waals surface area contributed by atoms with Gasteiger partial charge in [0.15, 0.2) is 0 Å². The van der Waals surface area contributed by atoms with E-state index in [4.69, 9.17) is 0 Å². The fourth-order valence-corrected chi connectivity index (χ4v) is 3.44. The molecule has 130 valence electrons. The van der Waals surface area contributed by atoms with Crippen LogP contribution in [0.4, 0.5) is 0 Å². The van der Waals surface area contributed by atoms with Gasteiger partial charge in [-0.3, -0.25) is 15.0 Å². The van der Waals surface area contributed by atoms with Crippen LogP contribution in [0, 0.1) is 0 Å². The number of rotatable bonds is 2. The van der Waals surface area contributed by atoms with Crippen LogP contribution in [0.1, 0.15) is 0 Å². The number of hydrogen-bond acceptors (Lipinski definition) is 4. The number of aromatic nitrogens is 3. The van der Waals surface area contributed by atoms with Crippen LogP contribution >= 0.6 is 0 Å². The maximum atomic E-state index is 10.3. The maximum absolute atomic E-state index is 10.3. The zero-order valence-electron chi connectivity index (χ0n) is 14.4. The molecule has 0 saturated heterocycles. The third kappa shape index (κ3) is 3.03. The van der Waals surface area contributed by atoms with Gasteiger partial charge in [-0.25, -0.2) is 0 Å². The minimum absolute atomic E-state index is 0. The molecule has 0 amide bonds. The van der Waals surface area contributed by atoms with Crippen LogP contribution in [-0.4, -0.2) is 38.9 Å². The Bertz CT molecular complexity index is 1290. The first kappa shape index (κ1) is 18.2. The monoisotopic (exact) mass is 357 g/mol. The summed E-state index contributed by atoms with van der Waals surface area (Å²) < 4.78 is 0. The molecule has 3 heterocycles. The van der Waals surface area contributed by atoms with Crippen molar-refractivity contribution in [2.75, 3.05) is 0 Å². The molecule has 0 fully saturated rings. The van der Waals surface area contributed by atoms with E-state index in [1.807, 2.05) is 48.5 Å². The molecule has 5 heteroatoms. The molecule has 0 bridgehead atoms.